The standard InChI is InChI=1S/C24H41N5O2/c1-20(2)16-23(29-10-14-31-15-11-29)18-27-24(25-3)26-17-21-6-4-5-7-22(21)19-28-8-12-30-13-9-28/h4-7,20,23H,8-19H2,1-3H3,(H2,25,26,27). The van der Waals surface area contributed by atoms with E-state index in [0.717, 1.165) is 78.2 Å². The average molecular weight is 432 g/mol. The van der Waals surface area contributed by atoms with Gasteiger partial charge in [0.1, 0.15) is 0 Å². The summed E-state index contributed by atoms with van der Waals surface area (Å²) < 4.78 is 11.0. The van der Waals surface area contributed by atoms with Crippen LogP contribution in [0.15, 0.2) is 29.3 Å². The molecule has 0 spiro atoms. The maximum absolute atomic E-state index is 5.55. The maximum Gasteiger partial charge on any atom is 0.191 e. The predicted molar refractivity (Wildman–Crippen MR) is 126 cm³/mol. The Balaban J connectivity index is 1.52. The normalized spacial score (nSPS) is 20.1. The van der Waals surface area contributed by atoms with Crippen molar-refractivity contribution in [2.75, 3.05) is 66.2 Å². The van der Waals surface area contributed by atoms with E-state index in [2.05, 4.69) is 63.5 Å². The van der Waals surface area contributed by atoms with Crippen molar-refractivity contribution in [2.24, 2.45) is 10.9 Å². The molecule has 1 aromatic carbocycles. The van der Waals surface area contributed by atoms with Gasteiger partial charge in [-0.25, -0.2) is 0 Å². The van der Waals surface area contributed by atoms with Crippen LogP contribution >= 0.6 is 0 Å². The summed E-state index contributed by atoms with van der Waals surface area (Å²) >= 11 is 0. The number of guanidine groups is 1. The van der Waals surface area contributed by atoms with Crippen LogP contribution in [-0.2, 0) is 22.6 Å². The second kappa shape index (κ2) is 13.0. The lowest BCUT2D eigenvalue weighted by Gasteiger charge is -2.35. The highest BCUT2D eigenvalue weighted by Crippen LogP contribution is 2.14. The van der Waals surface area contributed by atoms with Crippen LogP contribution < -0.4 is 10.6 Å². The maximum atomic E-state index is 5.55. The molecule has 7 nitrogen and oxygen atoms in total. The van der Waals surface area contributed by atoms with Crippen molar-refractivity contribution >= 4 is 5.96 Å². The number of morpholine rings is 2. The Bertz CT molecular complexity index is 670. The van der Waals surface area contributed by atoms with Gasteiger partial charge < -0.3 is 20.1 Å². The molecule has 3 rings (SSSR count). The molecule has 0 amide bonds. The number of ether oxygens (including phenoxy) is 2. The van der Waals surface area contributed by atoms with E-state index < -0.39 is 0 Å². The van der Waals surface area contributed by atoms with Crippen LogP contribution in [0.1, 0.15) is 31.4 Å². The van der Waals surface area contributed by atoms with Crippen molar-refractivity contribution < 1.29 is 9.47 Å². The zero-order valence-corrected chi connectivity index (χ0v) is 19.6. The monoisotopic (exact) mass is 431 g/mol. The summed E-state index contributed by atoms with van der Waals surface area (Å²) in [7, 11) is 1.85. The van der Waals surface area contributed by atoms with Crippen molar-refractivity contribution in [2.45, 2.75) is 39.4 Å². The molecule has 2 fully saturated rings. The molecular weight excluding hydrogens is 390 g/mol. The van der Waals surface area contributed by atoms with Gasteiger partial charge in [-0.2, -0.15) is 0 Å². The first-order chi connectivity index (χ1) is 15.2. The Hall–Kier alpha value is -1.67. The van der Waals surface area contributed by atoms with Crippen molar-refractivity contribution in [3.63, 3.8) is 0 Å². The zero-order valence-electron chi connectivity index (χ0n) is 19.6. The molecule has 2 saturated heterocycles. The van der Waals surface area contributed by atoms with E-state index in [-0.39, 0.29) is 0 Å². The van der Waals surface area contributed by atoms with Crippen LogP contribution in [0.4, 0.5) is 0 Å². The van der Waals surface area contributed by atoms with Crippen molar-refractivity contribution in [3.05, 3.63) is 35.4 Å². The number of aliphatic imine (C=N–C) groups is 1. The van der Waals surface area contributed by atoms with Crippen LogP contribution in [0.2, 0.25) is 0 Å². The number of nitrogens with one attached hydrogen (secondary N) is 2. The van der Waals surface area contributed by atoms with Gasteiger partial charge in [0.05, 0.1) is 26.4 Å². The van der Waals surface area contributed by atoms with Crippen LogP contribution in [0, 0.1) is 5.92 Å². The third kappa shape index (κ3) is 8.07. The fourth-order valence-corrected chi connectivity index (χ4v) is 4.35. The van der Waals surface area contributed by atoms with E-state index in [9.17, 15) is 0 Å². The second-order valence-electron chi connectivity index (χ2n) is 8.90. The molecule has 0 radical (unpaired) electrons. The molecule has 31 heavy (non-hydrogen) atoms. The van der Waals surface area contributed by atoms with Crippen LogP contribution in [0.5, 0.6) is 0 Å². The third-order valence-electron chi connectivity index (χ3n) is 6.10. The highest BCUT2D eigenvalue weighted by molar-refractivity contribution is 5.79. The van der Waals surface area contributed by atoms with Gasteiger partial charge in [0, 0.05) is 58.9 Å². The number of benzene rings is 1. The molecule has 0 saturated carbocycles. The molecule has 2 aliphatic rings. The SMILES string of the molecule is CN=C(NCc1ccccc1CN1CCOCC1)NCC(CC(C)C)N1CCOCC1. The third-order valence-corrected chi connectivity index (χ3v) is 6.10. The second-order valence-corrected chi connectivity index (χ2v) is 8.90. The highest BCUT2D eigenvalue weighted by Gasteiger charge is 2.22. The van der Waals surface area contributed by atoms with E-state index in [1.54, 1.807) is 0 Å². The summed E-state index contributed by atoms with van der Waals surface area (Å²) in [5.74, 6) is 1.53. The van der Waals surface area contributed by atoms with Crippen LogP contribution in [-0.4, -0.2) is 88.0 Å². The minimum absolute atomic E-state index is 0.496. The van der Waals surface area contributed by atoms with Crippen molar-refractivity contribution in [1.82, 2.24) is 20.4 Å². The van der Waals surface area contributed by atoms with Crippen LogP contribution in [0.25, 0.3) is 0 Å². The smallest absolute Gasteiger partial charge is 0.191 e. The number of rotatable bonds is 9. The van der Waals surface area contributed by atoms with E-state index in [1.165, 1.54) is 17.5 Å². The minimum Gasteiger partial charge on any atom is -0.379 e. The van der Waals surface area contributed by atoms with Gasteiger partial charge in [-0.05, 0) is 23.5 Å². The highest BCUT2D eigenvalue weighted by atomic mass is 16.5. The molecule has 1 unspecified atom stereocenters. The number of hydrogen-bond donors (Lipinski definition) is 2. The van der Waals surface area contributed by atoms with E-state index in [1.807, 2.05) is 7.05 Å². The molecule has 7 heteroatoms. The summed E-state index contributed by atoms with van der Waals surface area (Å²) in [6.45, 7) is 14.6. The van der Waals surface area contributed by atoms with E-state index in [0.29, 0.717) is 12.0 Å². The van der Waals surface area contributed by atoms with Gasteiger partial charge in [-0.3, -0.25) is 14.8 Å². The molecule has 174 valence electrons. The zero-order chi connectivity index (χ0) is 21.9. The van der Waals surface area contributed by atoms with E-state index in [4.69, 9.17) is 9.47 Å². The molecule has 0 bridgehead atoms. The lowest BCUT2D eigenvalue weighted by atomic mass is 10.0. The summed E-state index contributed by atoms with van der Waals surface area (Å²) in [4.78, 5) is 9.49. The topological polar surface area (TPSA) is 61.4 Å². The van der Waals surface area contributed by atoms with Gasteiger partial charge in [-0.15, -0.1) is 0 Å². The summed E-state index contributed by atoms with van der Waals surface area (Å²) in [6.07, 6.45) is 1.17. The molecule has 0 aromatic heterocycles. The van der Waals surface area contributed by atoms with Crippen molar-refractivity contribution in [3.8, 4) is 0 Å². The lowest BCUT2D eigenvalue weighted by Crippen LogP contribution is -2.51. The minimum atomic E-state index is 0.496. The number of nitrogens with zero attached hydrogens (tertiary/aromatic N) is 3. The summed E-state index contributed by atoms with van der Waals surface area (Å²) in [6, 6.07) is 9.19. The van der Waals surface area contributed by atoms with E-state index >= 15 is 0 Å². The Morgan fingerprint density at radius 1 is 0.968 bits per heavy atom. The Morgan fingerprint density at radius 3 is 2.26 bits per heavy atom. The Labute approximate surface area is 188 Å². The molecule has 2 heterocycles. The predicted octanol–water partition coefficient (Wildman–Crippen LogP) is 1.93. The summed E-state index contributed by atoms with van der Waals surface area (Å²) in [5.41, 5.74) is 2.70. The lowest BCUT2D eigenvalue weighted by molar-refractivity contribution is 0.0132. The largest absolute Gasteiger partial charge is 0.379 e. The van der Waals surface area contributed by atoms with Crippen LogP contribution in [0.3, 0.4) is 0 Å². The molecular formula is C24H41N5O2. The first-order valence-electron chi connectivity index (χ1n) is 11.8. The first kappa shape index (κ1) is 24.0. The number of hydrogen-bond acceptors (Lipinski definition) is 5. The fraction of sp³-hybridized carbons (Fsp3) is 0.708. The molecule has 1 aromatic rings. The molecule has 1 atom stereocenters. The van der Waals surface area contributed by atoms with Gasteiger partial charge in [0.15, 0.2) is 5.96 Å². The van der Waals surface area contributed by atoms with Gasteiger partial charge in [-0.1, -0.05) is 38.1 Å². The van der Waals surface area contributed by atoms with Gasteiger partial charge >= 0.3 is 0 Å². The molecule has 2 N–H and O–H groups in total. The van der Waals surface area contributed by atoms with Crippen molar-refractivity contribution in [1.29, 1.82) is 0 Å². The van der Waals surface area contributed by atoms with Gasteiger partial charge in [0.25, 0.3) is 0 Å². The molecule has 0 aliphatic carbocycles. The Kier molecular flexibility index (Phi) is 10.1. The summed E-state index contributed by atoms with van der Waals surface area (Å²) in [5, 5.41) is 7.10. The molecule has 2 aliphatic heterocycles. The quantitative estimate of drug-likeness (QED) is 0.460. The first-order valence-corrected chi connectivity index (χ1v) is 11.8. The Morgan fingerprint density at radius 2 is 1.61 bits per heavy atom. The van der Waals surface area contributed by atoms with Gasteiger partial charge in [0.2, 0.25) is 0 Å². The average Bonchev–Trinajstić information content (AvgIpc) is 2.80. The fourth-order valence-electron chi connectivity index (χ4n) is 4.35.